The lowest BCUT2D eigenvalue weighted by molar-refractivity contribution is 0.0951. The maximum atomic E-state index is 12.7. The van der Waals surface area contributed by atoms with Gasteiger partial charge in [-0.1, -0.05) is 0 Å². The molecule has 1 saturated heterocycles. The van der Waals surface area contributed by atoms with Crippen LogP contribution in [0.15, 0.2) is 22.9 Å². The number of fused-ring (bicyclic) bond motifs is 1. The Kier molecular flexibility index (Phi) is 4.84. The van der Waals surface area contributed by atoms with Crippen LogP contribution in [0.3, 0.4) is 0 Å². The Labute approximate surface area is 162 Å². The zero-order chi connectivity index (χ0) is 19.0. The van der Waals surface area contributed by atoms with Gasteiger partial charge in [0.15, 0.2) is 0 Å². The highest BCUT2D eigenvalue weighted by atomic mass is 32.1. The van der Waals surface area contributed by atoms with Gasteiger partial charge in [0.2, 0.25) is 0 Å². The standard InChI is InChI=1S/C19H23N5O2S/c1-12-4-5-14(26-12)10-20-18(25)16-13(2)15-17(21-11-22-19(15)27-16)24-8-6-23(3)7-9-24/h4-5,11H,6-10H2,1-3H3,(H,20,25). The topological polar surface area (TPSA) is 74.5 Å². The zero-order valence-corrected chi connectivity index (χ0v) is 16.6. The molecule has 1 amide bonds. The van der Waals surface area contributed by atoms with Gasteiger partial charge < -0.3 is 19.5 Å². The molecule has 1 N–H and O–H groups in total. The second-order valence-corrected chi connectivity index (χ2v) is 7.92. The summed E-state index contributed by atoms with van der Waals surface area (Å²) in [5.74, 6) is 2.42. The molecule has 0 aromatic carbocycles. The summed E-state index contributed by atoms with van der Waals surface area (Å²) >= 11 is 1.42. The third-order valence-corrected chi connectivity index (χ3v) is 6.13. The van der Waals surface area contributed by atoms with Crippen molar-refractivity contribution in [2.24, 2.45) is 0 Å². The van der Waals surface area contributed by atoms with E-state index in [1.807, 2.05) is 26.0 Å². The number of carbonyl (C=O) groups excluding carboxylic acids is 1. The molecule has 1 aliphatic rings. The van der Waals surface area contributed by atoms with Crippen LogP contribution in [-0.4, -0.2) is 54.0 Å². The molecule has 142 valence electrons. The van der Waals surface area contributed by atoms with Crippen LogP contribution >= 0.6 is 11.3 Å². The lowest BCUT2D eigenvalue weighted by Gasteiger charge is -2.33. The molecule has 27 heavy (non-hydrogen) atoms. The predicted molar refractivity (Wildman–Crippen MR) is 106 cm³/mol. The first-order valence-electron chi connectivity index (χ1n) is 9.04. The van der Waals surface area contributed by atoms with E-state index < -0.39 is 0 Å². The fraction of sp³-hybridized carbons (Fsp3) is 0.421. The minimum absolute atomic E-state index is 0.103. The van der Waals surface area contributed by atoms with E-state index in [4.69, 9.17) is 4.42 Å². The average Bonchev–Trinajstić information content (AvgIpc) is 3.24. The number of hydrogen-bond donors (Lipinski definition) is 1. The van der Waals surface area contributed by atoms with E-state index in [1.54, 1.807) is 6.33 Å². The molecule has 1 fully saturated rings. The van der Waals surface area contributed by atoms with Crippen LogP contribution in [0.5, 0.6) is 0 Å². The summed E-state index contributed by atoms with van der Waals surface area (Å²) in [6.07, 6.45) is 1.60. The van der Waals surface area contributed by atoms with Crippen LogP contribution in [0.25, 0.3) is 10.2 Å². The summed E-state index contributed by atoms with van der Waals surface area (Å²) in [4.78, 5) is 27.8. The number of nitrogens with zero attached hydrogens (tertiary/aromatic N) is 4. The van der Waals surface area contributed by atoms with Crippen LogP contribution in [0, 0.1) is 13.8 Å². The number of hydrogen-bond acceptors (Lipinski definition) is 7. The molecule has 3 aromatic heterocycles. The molecule has 0 bridgehead atoms. The number of rotatable bonds is 4. The van der Waals surface area contributed by atoms with Gasteiger partial charge in [-0.25, -0.2) is 9.97 Å². The maximum Gasteiger partial charge on any atom is 0.262 e. The zero-order valence-electron chi connectivity index (χ0n) is 15.8. The Balaban J connectivity index is 1.59. The van der Waals surface area contributed by atoms with Crippen molar-refractivity contribution in [3.63, 3.8) is 0 Å². The van der Waals surface area contributed by atoms with Crippen LogP contribution in [-0.2, 0) is 6.54 Å². The Bertz CT molecular complexity index is 972. The van der Waals surface area contributed by atoms with E-state index in [2.05, 4.69) is 32.1 Å². The van der Waals surface area contributed by atoms with Gasteiger partial charge >= 0.3 is 0 Å². The van der Waals surface area contributed by atoms with Gasteiger partial charge in [0.05, 0.1) is 16.8 Å². The van der Waals surface area contributed by atoms with Crippen molar-refractivity contribution in [1.29, 1.82) is 0 Å². The monoisotopic (exact) mass is 385 g/mol. The first kappa shape index (κ1) is 17.9. The summed E-state index contributed by atoms with van der Waals surface area (Å²) in [5.41, 5.74) is 0.942. The summed E-state index contributed by atoms with van der Waals surface area (Å²) < 4.78 is 5.52. The van der Waals surface area contributed by atoms with Crippen molar-refractivity contribution >= 4 is 33.3 Å². The molecule has 0 spiro atoms. The molecule has 4 heterocycles. The predicted octanol–water partition coefficient (Wildman–Crippen LogP) is 2.58. The van der Waals surface area contributed by atoms with Crippen LogP contribution < -0.4 is 10.2 Å². The van der Waals surface area contributed by atoms with Gasteiger partial charge in [0.1, 0.15) is 28.5 Å². The minimum atomic E-state index is -0.103. The van der Waals surface area contributed by atoms with Crippen molar-refractivity contribution in [2.75, 3.05) is 38.1 Å². The molecule has 0 radical (unpaired) electrons. The van der Waals surface area contributed by atoms with Crippen molar-refractivity contribution in [1.82, 2.24) is 20.2 Å². The molecular weight excluding hydrogens is 362 g/mol. The number of carbonyl (C=O) groups is 1. The van der Waals surface area contributed by atoms with Gasteiger partial charge in [-0.05, 0) is 38.6 Å². The number of nitrogens with one attached hydrogen (secondary N) is 1. The number of aryl methyl sites for hydroxylation is 2. The van der Waals surface area contributed by atoms with E-state index in [1.165, 1.54) is 11.3 Å². The van der Waals surface area contributed by atoms with E-state index in [0.717, 1.165) is 59.3 Å². The molecule has 3 aromatic rings. The lowest BCUT2D eigenvalue weighted by atomic mass is 10.1. The van der Waals surface area contributed by atoms with E-state index in [9.17, 15) is 4.79 Å². The molecule has 0 saturated carbocycles. The van der Waals surface area contributed by atoms with Gasteiger partial charge in [-0.3, -0.25) is 4.79 Å². The molecule has 0 unspecified atom stereocenters. The fourth-order valence-electron chi connectivity index (χ4n) is 3.36. The summed E-state index contributed by atoms with van der Waals surface area (Å²) in [5, 5.41) is 3.94. The summed E-state index contributed by atoms with van der Waals surface area (Å²) in [6.45, 7) is 8.11. The second kappa shape index (κ2) is 7.28. The van der Waals surface area contributed by atoms with Crippen LogP contribution in [0.4, 0.5) is 5.82 Å². The Morgan fingerprint density at radius 1 is 1.22 bits per heavy atom. The molecule has 7 nitrogen and oxygen atoms in total. The van der Waals surface area contributed by atoms with Gasteiger partial charge in [0, 0.05) is 26.2 Å². The van der Waals surface area contributed by atoms with E-state index in [-0.39, 0.29) is 5.91 Å². The smallest absolute Gasteiger partial charge is 0.262 e. The molecule has 0 atom stereocenters. The SMILES string of the molecule is Cc1ccc(CNC(=O)c2sc3ncnc(N4CCN(C)CC4)c3c2C)o1. The number of piperazine rings is 1. The van der Waals surface area contributed by atoms with Crippen molar-refractivity contribution in [3.8, 4) is 0 Å². The number of thiophene rings is 1. The Morgan fingerprint density at radius 3 is 2.70 bits per heavy atom. The number of anilines is 1. The number of aromatic nitrogens is 2. The number of furan rings is 1. The highest BCUT2D eigenvalue weighted by Crippen LogP contribution is 2.35. The largest absolute Gasteiger partial charge is 0.465 e. The van der Waals surface area contributed by atoms with Crippen molar-refractivity contribution in [2.45, 2.75) is 20.4 Å². The normalized spacial score (nSPS) is 15.4. The van der Waals surface area contributed by atoms with Gasteiger partial charge in [0.25, 0.3) is 5.91 Å². The Morgan fingerprint density at radius 2 is 2.00 bits per heavy atom. The van der Waals surface area contributed by atoms with Crippen molar-refractivity contribution < 1.29 is 9.21 Å². The summed E-state index contributed by atoms with van der Waals surface area (Å²) in [7, 11) is 2.13. The van der Waals surface area contributed by atoms with Gasteiger partial charge in [-0.15, -0.1) is 11.3 Å². The molecule has 8 heteroatoms. The maximum absolute atomic E-state index is 12.7. The van der Waals surface area contributed by atoms with Crippen LogP contribution in [0.2, 0.25) is 0 Å². The molecule has 4 rings (SSSR count). The summed E-state index contributed by atoms with van der Waals surface area (Å²) in [6, 6.07) is 3.77. The Hall–Kier alpha value is -2.45. The number of likely N-dealkylation sites (N-methyl/N-ethyl adjacent to an activating group) is 1. The lowest BCUT2D eigenvalue weighted by Crippen LogP contribution is -2.44. The fourth-order valence-corrected chi connectivity index (χ4v) is 4.42. The highest BCUT2D eigenvalue weighted by molar-refractivity contribution is 7.20. The van der Waals surface area contributed by atoms with E-state index >= 15 is 0 Å². The quantitative estimate of drug-likeness (QED) is 0.744. The average molecular weight is 385 g/mol. The molecule has 0 aliphatic carbocycles. The minimum Gasteiger partial charge on any atom is -0.465 e. The highest BCUT2D eigenvalue weighted by Gasteiger charge is 2.23. The van der Waals surface area contributed by atoms with Crippen molar-refractivity contribution in [3.05, 3.63) is 40.4 Å². The second-order valence-electron chi connectivity index (χ2n) is 6.92. The first-order chi connectivity index (χ1) is 13.0. The molecule has 1 aliphatic heterocycles. The number of amides is 1. The van der Waals surface area contributed by atoms with Gasteiger partial charge in [-0.2, -0.15) is 0 Å². The van der Waals surface area contributed by atoms with E-state index in [0.29, 0.717) is 11.4 Å². The van der Waals surface area contributed by atoms with Crippen LogP contribution in [0.1, 0.15) is 26.8 Å². The third-order valence-electron chi connectivity index (χ3n) is 4.94. The third kappa shape index (κ3) is 3.54. The molecular formula is C19H23N5O2S. The first-order valence-corrected chi connectivity index (χ1v) is 9.85.